The van der Waals surface area contributed by atoms with Gasteiger partial charge in [0.2, 0.25) is 5.91 Å². The zero-order valence-electron chi connectivity index (χ0n) is 23.3. The average Bonchev–Trinajstić information content (AvgIpc) is 3.47. The minimum atomic E-state index is -4.54. The first-order chi connectivity index (χ1) is 21.6. The second-order valence-electron chi connectivity index (χ2n) is 9.73. The fourth-order valence-electron chi connectivity index (χ4n) is 4.46. The highest BCUT2D eigenvalue weighted by Gasteiger charge is 2.33. The number of likely N-dealkylation sites (tertiary alicyclic amines) is 1. The number of thiazole rings is 1. The van der Waals surface area contributed by atoms with Gasteiger partial charge in [0, 0.05) is 34.7 Å². The van der Waals surface area contributed by atoms with Crippen molar-refractivity contribution in [2.45, 2.75) is 12.3 Å². The van der Waals surface area contributed by atoms with Crippen LogP contribution in [0.5, 0.6) is 22.4 Å². The molecule has 6 rings (SSSR count). The molecule has 1 fully saturated rings. The number of carbonyl (C=O) groups excluding carboxylic acids is 1. The number of hydrogen-bond acceptors (Lipinski definition) is 10. The van der Waals surface area contributed by atoms with E-state index >= 15 is 4.39 Å². The minimum Gasteiger partial charge on any atom is -0.493 e. The lowest BCUT2D eigenvalue weighted by Gasteiger charge is -2.38. The van der Waals surface area contributed by atoms with Crippen molar-refractivity contribution in [1.82, 2.24) is 24.8 Å². The zero-order chi connectivity index (χ0) is 31.7. The quantitative estimate of drug-likeness (QED) is 0.141. The van der Waals surface area contributed by atoms with Gasteiger partial charge in [-0.25, -0.2) is 19.3 Å². The molecule has 1 amide bonds. The third kappa shape index (κ3) is 6.33. The summed E-state index contributed by atoms with van der Waals surface area (Å²) in [5.74, 6) is 0.500. The summed E-state index contributed by atoms with van der Waals surface area (Å²) >= 11 is 1.10. The molecule has 3 aromatic heterocycles. The summed E-state index contributed by atoms with van der Waals surface area (Å²) in [6, 6.07) is 9.67. The summed E-state index contributed by atoms with van der Waals surface area (Å²) in [5, 5.41) is 5.28. The molecule has 0 unspecified atom stereocenters. The molecule has 45 heavy (non-hydrogen) atoms. The van der Waals surface area contributed by atoms with Crippen LogP contribution in [-0.4, -0.2) is 57.0 Å². The van der Waals surface area contributed by atoms with Gasteiger partial charge in [0.1, 0.15) is 35.5 Å². The van der Waals surface area contributed by atoms with E-state index in [4.69, 9.17) is 14.2 Å². The number of amides is 1. The Morgan fingerprint density at radius 3 is 2.62 bits per heavy atom. The molecule has 0 bridgehead atoms. The molecule has 0 aliphatic carbocycles. The average molecular weight is 639 g/mol. The predicted octanol–water partition coefficient (Wildman–Crippen LogP) is 6.63. The second kappa shape index (κ2) is 12.0. The van der Waals surface area contributed by atoms with Crippen molar-refractivity contribution in [2.75, 3.05) is 25.5 Å². The maximum atomic E-state index is 15.2. The highest BCUT2D eigenvalue weighted by Crippen LogP contribution is 2.37. The van der Waals surface area contributed by atoms with Gasteiger partial charge in [-0.15, -0.1) is 0 Å². The van der Waals surface area contributed by atoms with E-state index in [1.165, 1.54) is 37.7 Å². The highest BCUT2D eigenvalue weighted by atomic mass is 32.1. The van der Waals surface area contributed by atoms with Gasteiger partial charge in [0.05, 0.1) is 37.1 Å². The number of carbonyl (C=O) groups is 1. The number of halogens is 4. The molecule has 1 aliphatic heterocycles. The van der Waals surface area contributed by atoms with Gasteiger partial charge in [-0.2, -0.15) is 13.2 Å². The molecule has 1 saturated heterocycles. The van der Waals surface area contributed by atoms with Gasteiger partial charge in [0.25, 0.3) is 5.19 Å². The molecule has 1 N–H and O–H groups in total. The molecule has 15 heteroatoms. The smallest absolute Gasteiger partial charge is 0.433 e. The molecular weight excluding hydrogens is 616 g/mol. The fourth-order valence-corrected chi connectivity index (χ4v) is 5.15. The Kier molecular flexibility index (Phi) is 7.93. The monoisotopic (exact) mass is 638 g/mol. The third-order valence-corrected chi connectivity index (χ3v) is 7.50. The number of anilines is 2. The number of alkyl halides is 3. The number of aromatic nitrogens is 4. The summed E-state index contributed by atoms with van der Waals surface area (Å²) in [7, 11) is 1.50. The van der Waals surface area contributed by atoms with E-state index in [2.05, 4.69) is 31.8 Å². The summed E-state index contributed by atoms with van der Waals surface area (Å²) in [6.45, 7) is 4.29. The van der Waals surface area contributed by atoms with Gasteiger partial charge in [-0.05, 0) is 36.4 Å². The first kappa shape index (κ1) is 29.7. The van der Waals surface area contributed by atoms with Crippen molar-refractivity contribution in [3.05, 3.63) is 84.5 Å². The Labute approximate surface area is 257 Å². The van der Waals surface area contributed by atoms with Gasteiger partial charge in [0.15, 0.2) is 11.5 Å². The van der Waals surface area contributed by atoms with Crippen molar-refractivity contribution in [2.24, 2.45) is 0 Å². The van der Waals surface area contributed by atoms with Gasteiger partial charge < -0.3 is 24.4 Å². The lowest BCUT2D eigenvalue weighted by Crippen LogP contribution is -2.55. The molecule has 0 saturated carbocycles. The Bertz CT molecular complexity index is 1890. The molecule has 0 atom stereocenters. The van der Waals surface area contributed by atoms with Gasteiger partial charge in [-0.3, -0.25) is 9.78 Å². The predicted molar refractivity (Wildman–Crippen MR) is 157 cm³/mol. The summed E-state index contributed by atoms with van der Waals surface area (Å²) in [6.07, 6.45) is -1.13. The fraction of sp³-hybridized carbons (Fsp3) is 0.167. The van der Waals surface area contributed by atoms with Gasteiger partial charge >= 0.3 is 6.18 Å². The third-order valence-electron chi connectivity index (χ3n) is 6.78. The van der Waals surface area contributed by atoms with E-state index in [-0.39, 0.29) is 28.6 Å². The zero-order valence-corrected chi connectivity index (χ0v) is 24.2. The molecule has 230 valence electrons. The Hall–Kier alpha value is -5.31. The van der Waals surface area contributed by atoms with E-state index < -0.39 is 17.7 Å². The van der Waals surface area contributed by atoms with Gasteiger partial charge in [-0.1, -0.05) is 17.9 Å². The SMILES string of the molecule is C=CC(=O)N1CC(Oc2cc3c(Nc4ccc(Oc5nc(-c6ccc(C(F)(F)F)nc6)cs5)cc4F)ncnc3cc2OC)C1. The van der Waals surface area contributed by atoms with Crippen LogP contribution in [0.3, 0.4) is 0 Å². The number of hydrogen-bond donors (Lipinski definition) is 1. The van der Waals surface area contributed by atoms with E-state index in [0.717, 1.165) is 29.7 Å². The molecule has 10 nitrogen and oxygen atoms in total. The van der Waals surface area contributed by atoms with Crippen LogP contribution in [0.15, 0.2) is 73.0 Å². The number of pyridine rings is 1. The molecular formula is C30H22F4N6O4S. The maximum absolute atomic E-state index is 15.2. The van der Waals surface area contributed by atoms with Crippen LogP contribution in [0.2, 0.25) is 0 Å². The lowest BCUT2D eigenvalue weighted by molar-refractivity contribution is -0.141. The largest absolute Gasteiger partial charge is 0.493 e. The Balaban J connectivity index is 1.17. The van der Waals surface area contributed by atoms with Crippen molar-refractivity contribution < 1.29 is 36.6 Å². The van der Waals surface area contributed by atoms with Crippen LogP contribution in [0, 0.1) is 5.82 Å². The van der Waals surface area contributed by atoms with Crippen LogP contribution < -0.4 is 19.5 Å². The van der Waals surface area contributed by atoms with Crippen LogP contribution >= 0.6 is 11.3 Å². The summed E-state index contributed by atoms with van der Waals surface area (Å²) < 4.78 is 70.9. The first-order valence-corrected chi connectivity index (χ1v) is 14.1. The number of fused-ring (bicyclic) bond motifs is 1. The van der Waals surface area contributed by atoms with Crippen LogP contribution in [0.4, 0.5) is 29.1 Å². The topological polar surface area (TPSA) is 112 Å². The maximum Gasteiger partial charge on any atom is 0.433 e. The number of nitrogens with one attached hydrogen (secondary N) is 1. The summed E-state index contributed by atoms with van der Waals surface area (Å²) in [5.41, 5.74) is 0.366. The number of nitrogens with zero attached hydrogens (tertiary/aromatic N) is 5. The van der Waals surface area contributed by atoms with E-state index in [0.29, 0.717) is 52.6 Å². The number of rotatable bonds is 9. The van der Waals surface area contributed by atoms with Crippen LogP contribution in [0.25, 0.3) is 22.2 Å². The van der Waals surface area contributed by atoms with E-state index in [9.17, 15) is 18.0 Å². The molecule has 2 aromatic carbocycles. The van der Waals surface area contributed by atoms with E-state index in [1.807, 2.05) is 0 Å². The second-order valence-corrected chi connectivity index (χ2v) is 10.5. The molecule has 0 spiro atoms. The normalized spacial score (nSPS) is 13.3. The summed E-state index contributed by atoms with van der Waals surface area (Å²) in [4.78, 5) is 29.7. The first-order valence-electron chi connectivity index (χ1n) is 13.3. The Morgan fingerprint density at radius 2 is 1.93 bits per heavy atom. The number of benzene rings is 2. The molecule has 0 radical (unpaired) electrons. The van der Waals surface area contributed by atoms with Crippen molar-refractivity contribution in [3.63, 3.8) is 0 Å². The van der Waals surface area contributed by atoms with Crippen LogP contribution in [-0.2, 0) is 11.0 Å². The minimum absolute atomic E-state index is 0.105. The standard InChI is InChI=1S/C30H22F4N6O4S/c1-3-27(41)40-12-18(13-40)43-25-9-19-22(10-24(25)42-2)36-15-37-28(19)38-21-6-5-17(8-20(21)31)44-29-39-23(14-45-29)16-4-7-26(35-11-16)30(32,33)34/h3-11,14-15,18H,1,12-13H2,2H3,(H,36,37,38). The number of methoxy groups -OCH3 is 1. The lowest BCUT2D eigenvalue weighted by atomic mass is 10.1. The van der Waals surface area contributed by atoms with Crippen molar-refractivity contribution in [1.29, 1.82) is 0 Å². The molecule has 4 heterocycles. The van der Waals surface area contributed by atoms with Crippen LogP contribution in [0.1, 0.15) is 5.69 Å². The molecule has 5 aromatic rings. The number of ether oxygens (including phenoxy) is 3. The Morgan fingerprint density at radius 1 is 1.11 bits per heavy atom. The van der Waals surface area contributed by atoms with E-state index in [1.54, 1.807) is 22.4 Å². The molecule has 1 aliphatic rings. The van der Waals surface area contributed by atoms with Crippen molar-refractivity contribution in [3.8, 4) is 33.7 Å². The highest BCUT2D eigenvalue weighted by molar-refractivity contribution is 7.11. The van der Waals surface area contributed by atoms with Crippen molar-refractivity contribution >= 4 is 39.7 Å².